The van der Waals surface area contributed by atoms with Gasteiger partial charge in [0, 0.05) is 19.3 Å². The van der Waals surface area contributed by atoms with Crippen molar-refractivity contribution in [2.24, 2.45) is 0 Å². The Morgan fingerprint density at radius 1 is 1.40 bits per heavy atom. The van der Waals surface area contributed by atoms with E-state index in [2.05, 4.69) is 20.5 Å². The highest BCUT2D eigenvalue weighted by molar-refractivity contribution is 7.17. The maximum absolute atomic E-state index is 12.4. The summed E-state index contributed by atoms with van der Waals surface area (Å²) in [5.74, 6) is -0.116. The first-order chi connectivity index (χ1) is 9.63. The number of aryl methyl sites for hydroxylation is 1. The van der Waals surface area contributed by atoms with E-state index in [1.165, 1.54) is 11.3 Å². The van der Waals surface area contributed by atoms with Crippen molar-refractivity contribution in [3.63, 3.8) is 0 Å². The number of amides is 1. The van der Waals surface area contributed by atoms with Gasteiger partial charge in [-0.2, -0.15) is 0 Å². The highest BCUT2D eigenvalue weighted by atomic mass is 32.1. The first-order valence-electron chi connectivity index (χ1n) is 6.37. The second-order valence-electron chi connectivity index (χ2n) is 4.25. The molecule has 0 aromatic carbocycles. The van der Waals surface area contributed by atoms with Crippen LogP contribution in [0.4, 0.5) is 5.13 Å². The zero-order valence-corrected chi connectivity index (χ0v) is 12.6. The van der Waals surface area contributed by atoms with Gasteiger partial charge in [0.1, 0.15) is 0 Å². The third kappa shape index (κ3) is 3.30. The number of carbonyl (C=O) groups is 1. The van der Waals surface area contributed by atoms with Crippen LogP contribution in [0, 0.1) is 6.92 Å². The maximum Gasteiger partial charge on any atom is 0.285 e. The molecular weight excluding hydrogens is 274 g/mol. The number of rotatable bonds is 5. The molecule has 0 unspecified atom stereocenters. The Bertz CT molecular complexity index is 598. The fraction of sp³-hybridized carbons (Fsp3) is 0.385. The normalized spacial score (nSPS) is 10.3. The molecule has 1 amide bonds. The van der Waals surface area contributed by atoms with Gasteiger partial charge < -0.3 is 10.2 Å². The van der Waals surface area contributed by atoms with E-state index in [0.29, 0.717) is 23.2 Å². The van der Waals surface area contributed by atoms with Crippen LogP contribution in [-0.2, 0) is 6.54 Å². The Morgan fingerprint density at radius 2 is 2.20 bits per heavy atom. The van der Waals surface area contributed by atoms with Gasteiger partial charge in [-0.1, -0.05) is 17.4 Å². The van der Waals surface area contributed by atoms with Gasteiger partial charge in [-0.05, 0) is 26.0 Å². The van der Waals surface area contributed by atoms with E-state index in [4.69, 9.17) is 0 Å². The van der Waals surface area contributed by atoms with Gasteiger partial charge in [-0.15, -0.1) is 10.2 Å². The van der Waals surface area contributed by atoms with Crippen molar-refractivity contribution in [3.8, 4) is 0 Å². The number of aromatic nitrogens is 3. The second-order valence-corrected chi connectivity index (χ2v) is 5.23. The van der Waals surface area contributed by atoms with Gasteiger partial charge in [0.05, 0.1) is 12.2 Å². The number of nitrogens with one attached hydrogen (secondary N) is 1. The average molecular weight is 291 g/mol. The molecule has 0 aliphatic carbocycles. The van der Waals surface area contributed by atoms with Crippen LogP contribution < -0.4 is 5.32 Å². The van der Waals surface area contributed by atoms with Crippen molar-refractivity contribution in [2.45, 2.75) is 20.4 Å². The van der Waals surface area contributed by atoms with Gasteiger partial charge in [-0.25, -0.2) is 0 Å². The molecule has 20 heavy (non-hydrogen) atoms. The van der Waals surface area contributed by atoms with Crippen molar-refractivity contribution in [1.82, 2.24) is 20.1 Å². The van der Waals surface area contributed by atoms with Crippen LogP contribution in [0.15, 0.2) is 18.2 Å². The van der Waals surface area contributed by atoms with E-state index in [1.54, 1.807) is 11.9 Å². The minimum absolute atomic E-state index is 0.116. The highest BCUT2D eigenvalue weighted by Crippen LogP contribution is 2.17. The maximum atomic E-state index is 12.4. The summed E-state index contributed by atoms with van der Waals surface area (Å²) in [6.07, 6.45) is 0. The van der Waals surface area contributed by atoms with E-state index in [0.717, 1.165) is 11.4 Å². The van der Waals surface area contributed by atoms with Crippen LogP contribution in [-0.4, -0.2) is 39.6 Å². The minimum Gasteiger partial charge on any atom is -0.363 e. The Hall–Kier alpha value is -2.02. The van der Waals surface area contributed by atoms with Crippen LogP contribution in [0.2, 0.25) is 0 Å². The largest absolute Gasteiger partial charge is 0.363 e. The van der Waals surface area contributed by atoms with Gasteiger partial charge in [0.2, 0.25) is 10.1 Å². The molecule has 1 N–H and O–H groups in total. The van der Waals surface area contributed by atoms with Gasteiger partial charge >= 0.3 is 0 Å². The molecule has 0 bridgehead atoms. The van der Waals surface area contributed by atoms with Gasteiger partial charge in [0.25, 0.3) is 5.91 Å². The van der Waals surface area contributed by atoms with Gasteiger partial charge in [-0.3, -0.25) is 9.78 Å². The third-order valence-corrected chi connectivity index (χ3v) is 3.72. The predicted molar refractivity (Wildman–Crippen MR) is 78.8 cm³/mol. The van der Waals surface area contributed by atoms with Crippen molar-refractivity contribution >= 4 is 22.4 Å². The van der Waals surface area contributed by atoms with E-state index >= 15 is 0 Å². The van der Waals surface area contributed by atoms with Crippen LogP contribution in [0.25, 0.3) is 0 Å². The molecule has 0 aliphatic heterocycles. The smallest absolute Gasteiger partial charge is 0.285 e. The number of carbonyl (C=O) groups excluding carboxylic acids is 1. The molecule has 0 radical (unpaired) electrons. The van der Waals surface area contributed by atoms with Crippen molar-refractivity contribution < 1.29 is 4.79 Å². The van der Waals surface area contributed by atoms with E-state index < -0.39 is 0 Å². The van der Waals surface area contributed by atoms with Crippen LogP contribution in [0.1, 0.15) is 28.1 Å². The van der Waals surface area contributed by atoms with E-state index in [-0.39, 0.29) is 5.91 Å². The summed E-state index contributed by atoms with van der Waals surface area (Å²) < 4.78 is 0. The molecular formula is C13H17N5OS. The SMILES string of the molecule is CCN(Cc1cccc(C)n1)C(=O)c1nnc(NC)s1. The Labute approximate surface area is 121 Å². The zero-order valence-electron chi connectivity index (χ0n) is 11.8. The molecule has 0 spiro atoms. The van der Waals surface area contributed by atoms with Crippen molar-refractivity contribution in [2.75, 3.05) is 18.9 Å². The Morgan fingerprint density at radius 3 is 2.80 bits per heavy atom. The van der Waals surface area contributed by atoms with Crippen LogP contribution >= 0.6 is 11.3 Å². The fourth-order valence-electron chi connectivity index (χ4n) is 1.76. The number of hydrogen-bond donors (Lipinski definition) is 1. The molecule has 0 aliphatic rings. The summed E-state index contributed by atoms with van der Waals surface area (Å²) in [6.45, 7) is 4.95. The third-order valence-electron chi connectivity index (χ3n) is 2.79. The lowest BCUT2D eigenvalue weighted by atomic mass is 10.3. The molecule has 2 rings (SSSR count). The molecule has 0 saturated heterocycles. The molecule has 2 heterocycles. The summed E-state index contributed by atoms with van der Waals surface area (Å²) in [6, 6.07) is 5.80. The van der Waals surface area contributed by atoms with Crippen LogP contribution in [0.3, 0.4) is 0 Å². The molecule has 106 valence electrons. The van der Waals surface area contributed by atoms with E-state index in [1.807, 2.05) is 32.0 Å². The van der Waals surface area contributed by atoms with E-state index in [9.17, 15) is 4.79 Å². The zero-order chi connectivity index (χ0) is 14.5. The highest BCUT2D eigenvalue weighted by Gasteiger charge is 2.19. The molecule has 2 aromatic rings. The minimum atomic E-state index is -0.116. The summed E-state index contributed by atoms with van der Waals surface area (Å²) >= 11 is 1.25. The van der Waals surface area contributed by atoms with Crippen LogP contribution in [0.5, 0.6) is 0 Å². The number of nitrogens with zero attached hydrogens (tertiary/aromatic N) is 4. The summed E-state index contributed by atoms with van der Waals surface area (Å²) in [5.41, 5.74) is 1.82. The lowest BCUT2D eigenvalue weighted by molar-refractivity contribution is 0.0749. The second kappa shape index (κ2) is 6.42. The van der Waals surface area contributed by atoms with Gasteiger partial charge in [0.15, 0.2) is 0 Å². The predicted octanol–water partition coefficient (Wildman–Crippen LogP) is 1.95. The molecule has 0 fully saturated rings. The van der Waals surface area contributed by atoms with Crippen molar-refractivity contribution in [3.05, 3.63) is 34.6 Å². The quantitative estimate of drug-likeness (QED) is 0.911. The summed E-state index contributed by atoms with van der Waals surface area (Å²) in [5, 5.41) is 11.7. The fourth-order valence-corrected chi connectivity index (χ4v) is 2.42. The summed E-state index contributed by atoms with van der Waals surface area (Å²) in [4.78, 5) is 18.5. The standard InChI is InChI=1S/C13H17N5OS/c1-4-18(8-10-7-5-6-9(2)15-10)12(19)11-16-17-13(14-3)20-11/h5-7H,4,8H2,1-3H3,(H,14,17). The lowest BCUT2D eigenvalue weighted by Gasteiger charge is -2.19. The first-order valence-corrected chi connectivity index (χ1v) is 7.18. The molecule has 2 aromatic heterocycles. The first kappa shape index (κ1) is 14.4. The lowest BCUT2D eigenvalue weighted by Crippen LogP contribution is -2.30. The Kier molecular flexibility index (Phi) is 4.62. The Balaban J connectivity index is 2.13. The summed E-state index contributed by atoms with van der Waals surface area (Å²) in [7, 11) is 1.75. The average Bonchev–Trinajstić information content (AvgIpc) is 2.93. The number of pyridine rings is 1. The molecule has 6 nitrogen and oxygen atoms in total. The number of anilines is 1. The van der Waals surface area contributed by atoms with Crippen molar-refractivity contribution in [1.29, 1.82) is 0 Å². The number of hydrogen-bond acceptors (Lipinski definition) is 6. The monoisotopic (exact) mass is 291 g/mol. The molecule has 7 heteroatoms. The topological polar surface area (TPSA) is 71.0 Å². The molecule has 0 atom stereocenters. The molecule has 0 saturated carbocycles.